The number of rotatable bonds is 1. The van der Waals surface area contributed by atoms with Crippen LogP contribution in [0.25, 0.3) is 0 Å². The van der Waals surface area contributed by atoms with E-state index < -0.39 is 5.60 Å². The van der Waals surface area contributed by atoms with Gasteiger partial charge in [-0.25, -0.2) is 0 Å². The lowest BCUT2D eigenvalue weighted by Gasteiger charge is -2.49. The average molecular weight is 222 g/mol. The van der Waals surface area contributed by atoms with Crippen LogP contribution in [0.3, 0.4) is 0 Å². The van der Waals surface area contributed by atoms with Crippen molar-refractivity contribution in [2.75, 3.05) is 0 Å². The minimum absolute atomic E-state index is 0.423. The van der Waals surface area contributed by atoms with E-state index in [4.69, 9.17) is 0 Å². The lowest BCUT2D eigenvalue weighted by Crippen LogP contribution is -2.48. The first-order valence-corrected chi connectivity index (χ1v) is 6.81. The molecule has 92 valence electrons. The van der Waals surface area contributed by atoms with Crippen LogP contribution in [0.1, 0.15) is 53.4 Å². The average Bonchev–Trinajstić information content (AvgIpc) is 2.16. The van der Waals surface area contributed by atoms with Gasteiger partial charge in [0, 0.05) is 0 Å². The van der Waals surface area contributed by atoms with E-state index in [9.17, 15) is 5.11 Å². The maximum Gasteiger partial charge on any atom is 0.0653 e. The van der Waals surface area contributed by atoms with Crippen LogP contribution in [0.2, 0.25) is 0 Å². The second kappa shape index (κ2) is 4.18. The molecule has 1 N–H and O–H groups in total. The Kier molecular flexibility index (Phi) is 3.18. The molecule has 0 unspecified atom stereocenters. The quantitative estimate of drug-likeness (QED) is 0.669. The second-order valence-electron chi connectivity index (χ2n) is 6.54. The van der Waals surface area contributed by atoms with Crippen LogP contribution in [0.5, 0.6) is 0 Å². The molecule has 1 saturated carbocycles. The molecule has 0 aromatic heterocycles. The predicted octanol–water partition coefficient (Wildman–Crippen LogP) is 3.78. The minimum Gasteiger partial charge on any atom is -0.390 e. The van der Waals surface area contributed by atoms with E-state index >= 15 is 0 Å². The topological polar surface area (TPSA) is 20.2 Å². The Morgan fingerprint density at radius 3 is 2.69 bits per heavy atom. The molecule has 2 aliphatic carbocycles. The van der Waals surface area contributed by atoms with Crippen molar-refractivity contribution in [2.24, 2.45) is 23.7 Å². The Bertz CT molecular complexity index is 288. The number of aliphatic hydroxyl groups is 1. The molecule has 0 spiro atoms. The largest absolute Gasteiger partial charge is 0.390 e. The number of hydrogen-bond acceptors (Lipinski definition) is 1. The van der Waals surface area contributed by atoms with Crippen molar-refractivity contribution in [1.29, 1.82) is 0 Å². The summed E-state index contributed by atoms with van der Waals surface area (Å²) in [6.07, 6.45) is 7.01. The molecule has 0 radical (unpaired) electrons. The van der Waals surface area contributed by atoms with Gasteiger partial charge in [0.2, 0.25) is 0 Å². The zero-order valence-corrected chi connectivity index (χ0v) is 11.2. The van der Waals surface area contributed by atoms with Gasteiger partial charge in [0.15, 0.2) is 0 Å². The molecular weight excluding hydrogens is 196 g/mol. The molecule has 0 amide bonds. The van der Waals surface area contributed by atoms with Crippen LogP contribution in [0.15, 0.2) is 11.6 Å². The van der Waals surface area contributed by atoms with Crippen molar-refractivity contribution in [1.82, 2.24) is 0 Å². The summed E-state index contributed by atoms with van der Waals surface area (Å²) in [5.74, 6) is 2.64. The summed E-state index contributed by atoms with van der Waals surface area (Å²) in [6, 6.07) is 0. The van der Waals surface area contributed by atoms with Crippen molar-refractivity contribution in [3.05, 3.63) is 11.6 Å². The maximum atomic E-state index is 10.5. The molecule has 1 nitrogen and oxygen atoms in total. The fourth-order valence-corrected chi connectivity index (χ4v) is 3.87. The van der Waals surface area contributed by atoms with Gasteiger partial charge in [0.05, 0.1) is 5.60 Å². The van der Waals surface area contributed by atoms with Crippen molar-refractivity contribution >= 4 is 0 Å². The molecule has 0 saturated heterocycles. The smallest absolute Gasteiger partial charge is 0.0653 e. The Morgan fingerprint density at radius 1 is 1.38 bits per heavy atom. The molecule has 0 aliphatic heterocycles. The van der Waals surface area contributed by atoms with Crippen LogP contribution in [-0.2, 0) is 0 Å². The van der Waals surface area contributed by atoms with Crippen LogP contribution in [-0.4, -0.2) is 10.7 Å². The van der Waals surface area contributed by atoms with Crippen LogP contribution in [0.4, 0.5) is 0 Å². The first-order chi connectivity index (χ1) is 7.42. The van der Waals surface area contributed by atoms with E-state index in [1.807, 2.05) is 0 Å². The number of allylic oxidation sites excluding steroid dienone is 2. The van der Waals surface area contributed by atoms with Crippen LogP contribution >= 0.6 is 0 Å². The summed E-state index contributed by atoms with van der Waals surface area (Å²) in [6.45, 7) is 8.96. The fraction of sp³-hybridized carbons (Fsp3) is 0.867. The van der Waals surface area contributed by atoms with E-state index in [0.29, 0.717) is 11.8 Å². The summed E-state index contributed by atoms with van der Waals surface area (Å²) in [5, 5.41) is 10.5. The Hall–Kier alpha value is -0.300. The van der Waals surface area contributed by atoms with Gasteiger partial charge < -0.3 is 5.11 Å². The van der Waals surface area contributed by atoms with Gasteiger partial charge in [-0.05, 0) is 63.2 Å². The van der Waals surface area contributed by atoms with E-state index in [-0.39, 0.29) is 0 Å². The van der Waals surface area contributed by atoms with E-state index in [1.54, 1.807) is 0 Å². The highest BCUT2D eigenvalue weighted by atomic mass is 16.3. The lowest BCUT2D eigenvalue weighted by molar-refractivity contribution is -0.0807. The van der Waals surface area contributed by atoms with Gasteiger partial charge in [-0.2, -0.15) is 0 Å². The van der Waals surface area contributed by atoms with Crippen LogP contribution in [0, 0.1) is 23.7 Å². The van der Waals surface area contributed by atoms with Gasteiger partial charge in [0.25, 0.3) is 0 Å². The van der Waals surface area contributed by atoms with E-state index in [0.717, 1.165) is 18.3 Å². The normalized spacial score (nSPS) is 44.1. The number of hydrogen-bond donors (Lipinski definition) is 1. The molecule has 0 aromatic carbocycles. The molecule has 16 heavy (non-hydrogen) atoms. The second-order valence-corrected chi connectivity index (χ2v) is 6.54. The molecule has 0 aromatic rings. The third kappa shape index (κ3) is 2.07. The molecule has 1 heteroatoms. The van der Waals surface area contributed by atoms with Gasteiger partial charge in [0.1, 0.15) is 0 Å². The summed E-state index contributed by atoms with van der Waals surface area (Å²) in [5.41, 5.74) is 1.11. The van der Waals surface area contributed by atoms with Gasteiger partial charge in [-0.3, -0.25) is 0 Å². The van der Waals surface area contributed by atoms with E-state index in [1.165, 1.54) is 24.8 Å². The highest BCUT2D eigenvalue weighted by Crippen LogP contribution is 2.49. The number of fused-ring (bicyclic) bond motifs is 1. The lowest BCUT2D eigenvalue weighted by atomic mass is 9.58. The molecule has 4 atom stereocenters. The summed E-state index contributed by atoms with van der Waals surface area (Å²) < 4.78 is 0. The van der Waals surface area contributed by atoms with Crippen molar-refractivity contribution in [2.45, 2.75) is 59.0 Å². The molecule has 2 aliphatic rings. The molecule has 0 bridgehead atoms. The zero-order valence-electron chi connectivity index (χ0n) is 11.2. The van der Waals surface area contributed by atoms with Crippen LogP contribution < -0.4 is 0 Å². The highest BCUT2D eigenvalue weighted by Gasteiger charge is 2.46. The fourth-order valence-electron chi connectivity index (χ4n) is 3.87. The zero-order chi connectivity index (χ0) is 11.9. The standard InChI is InChI=1S/C15H26O/c1-10(2)12-7-8-15(4,16)14-6-5-11(3)9-13(12)14/h9-10,12-14,16H,5-8H2,1-4H3/t12-,13+,14-,15-/m0/s1. The molecule has 1 fully saturated rings. The summed E-state index contributed by atoms with van der Waals surface area (Å²) >= 11 is 0. The van der Waals surface area contributed by atoms with Gasteiger partial charge >= 0.3 is 0 Å². The van der Waals surface area contributed by atoms with E-state index in [2.05, 4.69) is 33.8 Å². The molecular formula is C15H26O. The summed E-state index contributed by atoms with van der Waals surface area (Å²) in [4.78, 5) is 0. The highest BCUT2D eigenvalue weighted by molar-refractivity contribution is 5.13. The Balaban J connectivity index is 2.27. The van der Waals surface area contributed by atoms with Gasteiger partial charge in [-0.15, -0.1) is 0 Å². The SMILES string of the molecule is CC1=C[C@@H]2[C@H](C(C)C)CC[C@](C)(O)[C@H]2CC1. The molecule has 2 rings (SSSR count). The Morgan fingerprint density at radius 2 is 2.06 bits per heavy atom. The first kappa shape index (κ1) is 12.2. The summed E-state index contributed by atoms with van der Waals surface area (Å²) in [7, 11) is 0. The predicted molar refractivity (Wildman–Crippen MR) is 68.2 cm³/mol. The maximum absolute atomic E-state index is 10.5. The molecule has 0 heterocycles. The Labute approximate surface area is 99.9 Å². The van der Waals surface area contributed by atoms with Crippen molar-refractivity contribution in [3.63, 3.8) is 0 Å². The first-order valence-electron chi connectivity index (χ1n) is 6.81. The third-order valence-corrected chi connectivity index (χ3v) is 4.92. The monoisotopic (exact) mass is 222 g/mol. The van der Waals surface area contributed by atoms with Gasteiger partial charge in [-0.1, -0.05) is 25.5 Å². The van der Waals surface area contributed by atoms with Crippen molar-refractivity contribution in [3.8, 4) is 0 Å². The third-order valence-electron chi connectivity index (χ3n) is 4.92. The minimum atomic E-state index is -0.423. The van der Waals surface area contributed by atoms with Crippen molar-refractivity contribution < 1.29 is 5.11 Å².